The van der Waals surface area contributed by atoms with Gasteiger partial charge in [0.05, 0.1) is 21.6 Å². The van der Waals surface area contributed by atoms with Gasteiger partial charge in [0.2, 0.25) is 0 Å². The van der Waals surface area contributed by atoms with Gasteiger partial charge in [-0.2, -0.15) is 0 Å². The van der Waals surface area contributed by atoms with E-state index in [0.717, 1.165) is 40.9 Å². The van der Waals surface area contributed by atoms with E-state index in [-0.39, 0.29) is 12.5 Å². The molecule has 1 aliphatic rings. The average molecular weight is 389 g/mol. The quantitative estimate of drug-likeness (QED) is 0.741. The Kier molecular flexibility index (Phi) is 6.75. The van der Waals surface area contributed by atoms with Crippen LogP contribution < -0.4 is 10.6 Å². The van der Waals surface area contributed by atoms with Gasteiger partial charge in [-0.15, -0.1) is 11.3 Å². The molecule has 1 aliphatic carbocycles. The monoisotopic (exact) mass is 389 g/mol. The van der Waals surface area contributed by atoms with Crippen molar-refractivity contribution in [1.29, 1.82) is 0 Å². The number of ether oxygens (including phenoxy) is 1. The minimum Gasteiger partial charge on any atom is -0.456 e. The summed E-state index contributed by atoms with van der Waals surface area (Å²) in [5.74, 6) is -1.12. The van der Waals surface area contributed by atoms with Gasteiger partial charge in [0.1, 0.15) is 0 Å². The summed E-state index contributed by atoms with van der Waals surface area (Å²) >= 11 is 1.54. The first-order valence-corrected chi connectivity index (χ1v) is 10.0. The van der Waals surface area contributed by atoms with Crippen LogP contribution in [0.2, 0.25) is 0 Å². The first-order chi connectivity index (χ1) is 13.1. The normalized spacial score (nSPS) is 14.7. The summed E-state index contributed by atoms with van der Waals surface area (Å²) in [4.78, 5) is 39.8. The van der Waals surface area contributed by atoms with Crippen molar-refractivity contribution in [3.05, 3.63) is 29.3 Å². The average Bonchev–Trinajstić information content (AvgIpc) is 3.08. The van der Waals surface area contributed by atoms with Crippen molar-refractivity contribution in [1.82, 2.24) is 15.6 Å². The zero-order chi connectivity index (χ0) is 19.1. The zero-order valence-corrected chi connectivity index (χ0v) is 15.8. The molecule has 0 bridgehead atoms. The van der Waals surface area contributed by atoms with E-state index in [2.05, 4.69) is 15.6 Å². The number of nitrogens with one attached hydrogen (secondary N) is 2. The van der Waals surface area contributed by atoms with E-state index in [4.69, 9.17) is 4.74 Å². The lowest BCUT2D eigenvalue weighted by molar-refractivity contribution is -0.148. The van der Waals surface area contributed by atoms with Gasteiger partial charge in [0, 0.05) is 12.5 Å². The van der Waals surface area contributed by atoms with Gasteiger partial charge >= 0.3 is 12.0 Å². The van der Waals surface area contributed by atoms with Crippen LogP contribution >= 0.6 is 11.3 Å². The van der Waals surface area contributed by atoms with Crippen molar-refractivity contribution in [2.24, 2.45) is 0 Å². The summed E-state index contributed by atoms with van der Waals surface area (Å²) in [6, 6.07) is 7.36. The standard InChI is InChI=1S/C19H23N3O4S/c23-16(22-19(25)20-13-6-2-1-3-7-13)12-26-18(24)11-10-17-21-14-8-4-5-9-15(14)27-17/h4-5,8-9,13H,1-3,6-7,10-12H2,(H2,20,22,23,25). The molecule has 1 saturated carbocycles. The third-order valence-corrected chi connectivity index (χ3v) is 5.53. The number of urea groups is 1. The lowest BCUT2D eigenvalue weighted by atomic mass is 9.96. The number of benzene rings is 1. The highest BCUT2D eigenvalue weighted by atomic mass is 32.1. The van der Waals surface area contributed by atoms with Crippen molar-refractivity contribution in [3.8, 4) is 0 Å². The molecule has 0 unspecified atom stereocenters. The fraction of sp³-hybridized carbons (Fsp3) is 0.474. The SMILES string of the molecule is O=C(COC(=O)CCc1nc2ccccc2s1)NC(=O)NC1CCCCC1. The number of fused-ring (bicyclic) bond motifs is 1. The number of thiazole rings is 1. The predicted molar refractivity (Wildman–Crippen MR) is 102 cm³/mol. The fourth-order valence-corrected chi connectivity index (χ4v) is 4.05. The van der Waals surface area contributed by atoms with Crippen molar-refractivity contribution in [2.75, 3.05) is 6.61 Å². The van der Waals surface area contributed by atoms with Crippen LogP contribution in [0, 0.1) is 0 Å². The molecule has 1 fully saturated rings. The first-order valence-electron chi connectivity index (χ1n) is 9.20. The lowest BCUT2D eigenvalue weighted by Gasteiger charge is -2.22. The second-order valence-electron chi connectivity index (χ2n) is 6.59. The van der Waals surface area contributed by atoms with Gasteiger partial charge < -0.3 is 10.1 Å². The van der Waals surface area contributed by atoms with Gasteiger partial charge in [-0.3, -0.25) is 14.9 Å². The zero-order valence-electron chi connectivity index (χ0n) is 15.0. The maximum absolute atomic E-state index is 11.8. The molecule has 0 spiro atoms. The summed E-state index contributed by atoms with van der Waals surface area (Å²) in [6.07, 6.45) is 5.83. The Labute approximate surface area is 161 Å². The molecule has 0 radical (unpaired) electrons. The third kappa shape index (κ3) is 6.02. The molecule has 1 aromatic heterocycles. The van der Waals surface area contributed by atoms with Crippen molar-refractivity contribution < 1.29 is 19.1 Å². The van der Waals surface area contributed by atoms with Gasteiger partial charge in [0.25, 0.3) is 5.91 Å². The van der Waals surface area contributed by atoms with E-state index in [1.54, 1.807) is 0 Å². The van der Waals surface area contributed by atoms with Gasteiger partial charge in [-0.05, 0) is 25.0 Å². The number of carbonyl (C=O) groups excluding carboxylic acids is 3. The summed E-state index contributed by atoms with van der Waals surface area (Å²) in [5, 5.41) is 5.83. The van der Waals surface area contributed by atoms with E-state index in [0.29, 0.717) is 6.42 Å². The molecule has 144 valence electrons. The predicted octanol–water partition coefficient (Wildman–Crippen LogP) is 2.93. The number of amides is 3. The molecule has 2 aromatic rings. The molecule has 3 rings (SSSR count). The highest BCUT2D eigenvalue weighted by Crippen LogP contribution is 2.22. The number of aromatic nitrogens is 1. The van der Waals surface area contributed by atoms with Crippen LogP contribution in [0.5, 0.6) is 0 Å². The first kappa shape index (κ1) is 19.3. The minimum atomic E-state index is -0.628. The van der Waals surface area contributed by atoms with Crippen molar-refractivity contribution in [3.63, 3.8) is 0 Å². The Balaban J connectivity index is 1.34. The van der Waals surface area contributed by atoms with Crippen LogP contribution in [0.4, 0.5) is 4.79 Å². The van der Waals surface area contributed by atoms with Crippen molar-refractivity contribution >= 4 is 39.5 Å². The van der Waals surface area contributed by atoms with Crippen LogP contribution in [0.25, 0.3) is 10.2 Å². The second-order valence-corrected chi connectivity index (χ2v) is 7.71. The number of hydrogen-bond donors (Lipinski definition) is 2. The van der Waals surface area contributed by atoms with Crippen LogP contribution in [0.1, 0.15) is 43.5 Å². The Hall–Kier alpha value is -2.48. The number of imide groups is 1. The molecule has 0 aliphatic heterocycles. The molecule has 1 heterocycles. The maximum atomic E-state index is 11.8. The van der Waals surface area contributed by atoms with Gasteiger partial charge in [0.15, 0.2) is 6.61 Å². The van der Waals surface area contributed by atoms with Gasteiger partial charge in [-0.25, -0.2) is 9.78 Å². The number of para-hydroxylation sites is 1. The Morgan fingerprint density at radius 3 is 2.70 bits per heavy atom. The topological polar surface area (TPSA) is 97.4 Å². The van der Waals surface area contributed by atoms with Crippen molar-refractivity contribution in [2.45, 2.75) is 51.0 Å². The smallest absolute Gasteiger partial charge is 0.321 e. The summed E-state index contributed by atoms with van der Waals surface area (Å²) in [5.41, 5.74) is 0.911. The molecule has 0 atom stereocenters. The number of rotatable bonds is 6. The number of nitrogens with zero attached hydrogens (tertiary/aromatic N) is 1. The maximum Gasteiger partial charge on any atom is 0.321 e. The van der Waals surface area contributed by atoms with E-state index in [9.17, 15) is 14.4 Å². The van der Waals surface area contributed by atoms with Crippen LogP contribution in [-0.4, -0.2) is 35.5 Å². The van der Waals surface area contributed by atoms with Crippen LogP contribution in [-0.2, 0) is 20.7 Å². The molecule has 0 saturated heterocycles. The van der Waals surface area contributed by atoms with E-state index in [1.807, 2.05) is 24.3 Å². The minimum absolute atomic E-state index is 0.114. The third-order valence-electron chi connectivity index (χ3n) is 4.44. The van der Waals surface area contributed by atoms with E-state index < -0.39 is 24.5 Å². The number of aryl methyl sites for hydroxylation is 1. The molecular formula is C19H23N3O4S. The van der Waals surface area contributed by atoms with Gasteiger partial charge in [-0.1, -0.05) is 31.4 Å². The largest absolute Gasteiger partial charge is 0.456 e. The number of carbonyl (C=O) groups is 3. The summed E-state index contributed by atoms with van der Waals surface area (Å²) < 4.78 is 6.01. The summed E-state index contributed by atoms with van der Waals surface area (Å²) in [7, 11) is 0. The van der Waals surface area contributed by atoms with Crippen LogP contribution in [0.15, 0.2) is 24.3 Å². The molecule has 27 heavy (non-hydrogen) atoms. The Morgan fingerprint density at radius 1 is 1.15 bits per heavy atom. The molecule has 8 heteroatoms. The number of esters is 1. The Morgan fingerprint density at radius 2 is 1.93 bits per heavy atom. The van der Waals surface area contributed by atoms with E-state index in [1.165, 1.54) is 17.8 Å². The highest BCUT2D eigenvalue weighted by Gasteiger charge is 2.17. The highest BCUT2D eigenvalue weighted by molar-refractivity contribution is 7.18. The molecule has 2 N–H and O–H groups in total. The summed E-state index contributed by atoms with van der Waals surface area (Å²) in [6.45, 7) is -0.462. The van der Waals surface area contributed by atoms with Crippen LogP contribution in [0.3, 0.4) is 0 Å². The molecule has 1 aromatic carbocycles. The number of hydrogen-bond acceptors (Lipinski definition) is 6. The lowest BCUT2D eigenvalue weighted by Crippen LogP contribution is -2.46. The second kappa shape index (κ2) is 9.45. The Bertz CT molecular complexity index is 781. The van der Waals surface area contributed by atoms with E-state index >= 15 is 0 Å². The fourth-order valence-electron chi connectivity index (χ4n) is 3.09. The molecular weight excluding hydrogens is 366 g/mol. The molecule has 7 nitrogen and oxygen atoms in total. The molecule has 3 amide bonds.